The first-order chi connectivity index (χ1) is 15.0. The Morgan fingerprint density at radius 1 is 0.656 bits per heavy atom. The van der Waals surface area contributed by atoms with Crippen LogP contribution in [-0.4, -0.2) is 24.3 Å². The Balaban J connectivity index is 0.000000181. The van der Waals surface area contributed by atoms with Gasteiger partial charge >= 0.3 is 0 Å². The molecule has 0 aromatic heterocycles. The molecule has 2 aliphatic heterocycles. The summed E-state index contributed by atoms with van der Waals surface area (Å²) in [4.78, 5) is 0. The van der Waals surface area contributed by atoms with Crippen LogP contribution in [0.15, 0.2) is 48.6 Å². The van der Waals surface area contributed by atoms with Gasteiger partial charge in [0.2, 0.25) is 0 Å². The summed E-state index contributed by atoms with van der Waals surface area (Å²) in [6.07, 6.45) is 4.51. The Kier molecular flexibility index (Phi) is 6.92. The van der Waals surface area contributed by atoms with Gasteiger partial charge in [0, 0.05) is 22.5 Å². The number of fused-ring (bicyclic) bond motifs is 2. The average Bonchev–Trinajstić information content (AvgIpc) is 2.68. The second-order valence-corrected chi connectivity index (χ2v) is 9.63. The van der Waals surface area contributed by atoms with E-state index in [9.17, 15) is 0 Å². The Labute approximate surface area is 193 Å². The largest absolute Gasteiger partial charge is 0.494 e. The molecule has 0 bridgehead atoms. The SMILES string of the molecule is CCOc1ccc2c(c1)C(C)=CC(C)(C)N2.CCOc1ccc2c(c1)C(C)=CC(C)(C)N2. The summed E-state index contributed by atoms with van der Waals surface area (Å²) >= 11 is 0. The van der Waals surface area contributed by atoms with Crippen molar-refractivity contribution in [3.8, 4) is 11.5 Å². The van der Waals surface area contributed by atoms with Gasteiger partial charge in [-0.15, -0.1) is 0 Å². The van der Waals surface area contributed by atoms with Crippen LogP contribution in [0.4, 0.5) is 11.4 Å². The fourth-order valence-electron chi connectivity index (χ4n) is 4.43. The van der Waals surface area contributed by atoms with Gasteiger partial charge in [0.25, 0.3) is 0 Å². The third kappa shape index (κ3) is 5.67. The summed E-state index contributed by atoms with van der Waals surface area (Å²) in [7, 11) is 0. The highest BCUT2D eigenvalue weighted by Gasteiger charge is 2.23. The lowest BCUT2D eigenvalue weighted by atomic mass is 9.91. The van der Waals surface area contributed by atoms with Gasteiger partial charge in [0.15, 0.2) is 0 Å². The van der Waals surface area contributed by atoms with Crippen LogP contribution >= 0.6 is 0 Å². The third-order valence-electron chi connectivity index (χ3n) is 5.52. The summed E-state index contributed by atoms with van der Waals surface area (Å²) in [5, 5.41) is 7.01. The molecule has 0 saturated carbocycles. The van der Waals surface area contributed by atoms with Crippen LogP contribution in [0.3, 0.4) is 0 Å². The van der Waals surface area contributed by atoms with Gasteiger partial charge in [-0.3, -0.25) is 0 Å². The van der Waals surface area contributed by atoms with E-state index in [1.165, 1.54) is 33.6 Å². The molecule has 32 heavy (non-hydrogen) atoms. The first-order valence-electron chi connectivity index (χ1n) is 11.5. The predicted octanol–water partition coefficient (Wildman–Crippen LogP) is 7.39. The fourth-order valence-corrected chi connectivity index (χ4v) is 4.43. The van der Waals surface area contributed by atoms with E-state index in [0.717, 1.165) is 11.5 Å². The molecular formula is C28H38N2O2. The van der Waals surface area contributed by atoms with Gasteiger partial charge in [0.05, 0.1) is 24.3 Å². The minimum absolute atomic E-state index is 0.0320. The molecule has 2 heterocycles. The Bertz CT molecular complexity index is 948. The molecule has 2 aromatic carbocycles. The van der Waals surface area contributed by atoms with E-state index in [1.54, 1.807) is 0 Å². The smallest absolute Gasteiger partial charge is 0.120 e. The van der Waals surface area contributed by atoms with Gasteiger partial charge in [-0.05, 0) is 103 Å². The van der Waals surface area contributed by atoms with E-state index in [2.05, 4.69) is 88.6 Å². The van der Waals surface area contributed by atoms with E-state index < -0.39 is 0 Å². The van der Waals surface area contributed by atoms with E-state index in [1.807, 2.05) is 26.0 Å². The zero-order valence-electron chi connectivity index (χ0n) is 20.8. The van der Waals surface area contributed by atoms with Crippen molar-refractivity contribution in [3.63, 3.8) is 0 Å². The average molecular weight is 435 g/mol. The van der Waals surface area contributed by atoms with Crippen LogP contribution in [0, 0.1) is 0 Å². The van der Waals surface area contributed by atoms with Crippen LogP contribution in [0.2, 0.25) is 0 Å². The number of hydrogen-bond acceptors (Lipinski definition) is 4. The molecule has 0 amide bonds. The fraction of sp³-hybridized carbons (Fsp3) is 0.429. The molecule has 172 valence electrons. The quantitative estimate of drug-likeness (QED) is 0.526. The lowest BCUT2D eigenvalue weighted by Crippen LogP contribution is -2.31. The maximum Gasteiger partial charge on any atom is 0.120 e. The number of ether oxygens (including phenoxy) is 2. The number of allylic oxidation sites excluding steroid dienone is 2. The summed E-state index contributed by atoms with van der Waals surface area (Å²) in [5.41, 5.74) is 7.53. The Morgan fingerprint density at radius 2 is 1.03 bits per heavy atom. The van der Waals surface area contributed by atoms with Crippen LogP contribution in [0.1, 0.15) is 66.5 Å². The van der Waals surface area contributed by atoms with Gasteiger partial charge in [0.1, 0.15) is 11.5 Å². The summed E-state index contributed by atoms with van der Waals surface area (Å²) in [6.45, 7) is 18.4. The standard InChI is InChI=1S/2C14H19NO/c2*1-5-16-11-6-7-13-12(8-11)10(2)9-14(3,4)15-13/h2*6-9,15H,5H2,1-4H3. The zero-order valence-corrected chi connectivity index (χ0v) is 20.8. The van der Waals surface area contributed by atoms with Crippen molar-refractivity contribution in [3.05, 3.63) is 59.7 Å². The zero-order chi connectivity index (χ0) is 23.5. The highest BCUT2D eigenvalue weighted by molar-refractivity contribution is 5.81. The molecule has 2 aliphatic rings. The van der Waals surface area contributed by atoms with E-state index in [-0.39, 0.29) is 11.1 Å². The van der Waals surface area contributed by atoms with Crippen LogP contribution in [0.25, 0.3) is 11.1 Å². The second-order valence-electron chi connectivity index (χ2n) is 9.63. The summed E-state index contributed by atoms with van der Waals surface area (Å²) < 4.78 is 11.0. The van der Waals surface area contributed by atoms with E-state index >= 15 is 0 Å². The molecule has 4 nitrogen and oxygen atoms in total. The number of anilines is 2. The number of hydrogen-bond donors (Lipinski definition) is 2. The predicted molar refractivity (Wildman–Crippen MR) is 138 cm³/mol. The highest BCUT2D eigenvalue weighted by Crippen LogP contribution is 2.36. The maximum atomic E-state index is 5.52. The molecule has 0 aliphatic carbocycles. The molecule has 2 aromatic rings. The minimum atomic E-state index is 0.0320. The molecule has 0 unspecified atom stereocenters. The van der Waals surface area contributed by atoms with Crippen molar-refractivity contribution in [2.24, 2.45) is 0 Å². The van der Waals surface area contributed by atoms with Crippen molar-refractivity contribution in [2.45, 2.75) is 66.5 Å². The highest BCUT2D eigenvalue weighted by atomic mass is 16.5. The summed E-state index contributed by atoms with van der Waals surface area (Å²) in [6, 6.07) is 12.4. The molecule has 0 radical (unpaired) electrons. The number of benzene rings is 2. The van der Waals surface area contributed by atoms with Crippen molar-refractivity contribution < 1.29 is 9.47 Å². The monoisotopic (exact) mass is 434 g/mol. The van der Waals surface area contributed by atoms with Crippen molar-refractivity contribution in [1.29, 1.82) is 0 Å². The lowest BCUT2D eigenvalue weighted by Gasteiger charge is -2.31. The number of rotatable bonds is 4. The Hall–Kier alpha value is -2.88. The van der Waals surface area contributed by atoms with Crippen molar-refractivity contribution in [2.75, 3.05) is 23.8 Å². The molecule has 0 atom stereocenters. The number of nitrogens with one attached hydrogen (secondary N) is 2. The van der Waals surface area contributed by atoms with Crippen molar-refractivity contribution in [1.82, 2.24) is 0 Å². The molecule has 0 fully saturated rings. The lowest BCUT2D eigenvalue weighted by molar-refractivity contribution is 0.340. The molecule has 0 spiro atoms. The van der Waals surface area contributed by atoms with Crippen LogP contribution < -0.4 is 20.1 Å². The molecule has 2 N–H and O–H groups in total. The van der Waals surface area contributed by atoms with Crippen molar-refractivity contribution >= 4 is 22.5 Å². The van der Waals surface area contributed by atoms with Crippen LogP contribution in [-0.2, 0) is 0 Å². The Morgan fingerprint density at radius 3 is 1.38 bits per heavy atom. The first kappa shape index (κ1) is 23.8. The maximum absolute atomic E-state index is 5.52. The van der Waals surface area contributed by atoms with Gasteiger partial charge in [-0.25, -0.2) is 0 Å². The molecule has 4 rings (SSSR count). The first-order valence-corrected chi connectivity index (χ1v) is 11.5. The van der Waals surface area contributed by atoms with Gasteiger partial charge in [-0.2, -0.15) is 0 Å². The van der Waals surface area contributed by atoms with Crippen LogP contribution in [0.5, 0.6) is 11.5 Å². The summed E-state index contributed by atoms with van der Waals surface area (Å²) in [5.74, 6) is 1.88. The third-order valence-corrected chi connectivity index (χ3v) is 5.52. The minimum Gasteiger partial charge on any atom is -0.494 e. The normalized spacial score (nSPS) is 17.1. The topological polar surface area (TPSA) is 42.5 Å². The van der Waals surface area contributed by atoms with Gasteiger partial charge in [-0.1, -0.05) is 12.2 Å². The molecule has 0 saturated heterocycles. The molecular weight excluding hydrogens is 396 g/mol. The van der Waals surface area contributed by atoms with E-state index in [4.69, 9.17) is 9.47 Å². The van der Waals surface area contributed by atoms with Gasteiger partial charge < -0.3 is 20.1 Å². The van der Waals surface area contributed by atoms with E-state index in [0.29, 0.717) is 13.2 Å². The molecule has 4 heteroatoms. The second kappa shape index (κ2) is 9.32.